The Hall–Kier alpha value is -2.36. The number of aromatic nitrogens is 3. The predicted molar refractivity (Wildman–Crippen MR) is 93.6 cm³/mol. The molecule has 0 saturated carbocycles. The van der Waals surface area contributed by atoms with Gasteiger partial charge in [-0.25, -0.2) is 4.98 Å². The Kier molecular flexibility index (Phi) is 2.96. The number of fused-ring (bicyclic) bond motifs is 3. The van der Waals surface area contributed by atoms with Gasteiger partial charge in [0.25, 0.3) is 0 Å². The van der Waals surface area contributed by atoms with Gasteiger partial charge in [-0.2, -0.15) is 0 Å². The Bertz CT molecular complexity index is 977. The highest BCUT2D eigenvalue weighted by molar-refractivity contribution is 6.12. The smallest absolute Gasteiger partial charge is 0.165 e. The van der Waals surface area contributed by atoms with Crippen molar-refractivity contribution in [1.82, 2.24) is 14.1 Å². The zero-order valence-electron chi connectivity index (χ0n) is 14.0. The largest absolute Gasteiger partial charge is 0.344 e. The molecule has 4 heteroatoms. The summed E-state index contributed by atoms with van der Waals surface area (Å²) in [6.07, 6.45) is 8.89. The van der Waals surface area contributed by atoms with Crippen LogP contribution >= 0.6 is 0 Å². The minimum Gasteiger partial charge on any atom is -0.344 e. The van der Waals surface area contributed by atoms with Crippen molar-refractivity contribution >= 4 is 16.7 Å². The molecule has 0 unspecified atom stereocenters. The van der Waals surface area contributed by atoms with Crippen LogP contribution < -0.4 is 0 Å². The molecule has 3 aromatic rings. The Morgan fingerprint density at radius 1 is 1.17 bits per heavy atom. The zero-order chi connectivity index (χ0) is 16.3. The fourth-order valence-corrected chi connectivity index (χ4v) is 4.54. The lowest BCUT2D eigenvalue weighted by Crippen LogP contribution is -2.15. The molecule has 2 aromatic heterocycles. The molecule has 0 N–H and O–H groups in total. The molecule has 0 bridgehead atoms. The number of hydrogen-bond acceptors (Lipinski definition) is 2. The lowest BCUT2D eigenvalue weighted by atomic mass is 9.91. The topological polar surface area (TPSA) is 39.8 Å². The zero-order valence-corrected chi connectivity index (χ0v) is 14.0. The Labute approximate surface area is 141 Å². The molecule has 3 heterocycles. The second kappa shape index (κ2) is 5.07. The molecule has 1 aromatic carbocycles. The van der Waals surface area contributed by atoms with Crippen molar-refractivity contribution in [2.24, 2.45) is 0 Å². The molecule has 2 aliphatic rings. The minimum atomic E-state index is 0.336. The van der Waals surface area contributed by atoms with Gasteiger partial charge in [0.05, 0.1) is 5.52 Å². The van der Waals surface area contributed by atoms with E-state index in [9.17, 15) is 4.79 Å². The first kappa shape index (κ1) is 14.0. The molecule has 5 rings (SSSR count). The van der Waals surface area contributed by atoms with Crippen LogP contribution in [-0.2, 0) is 25.9 Å². The fraction of sp³-hybridized carbons (Fsp3) is 0.400. The molecule has 1 aliphatic carbocycles. The summed E-state index contributed by atoms with van der Waals surface area (Å²) in [4.78, 5) is 17.1. The van der Waals surface area contributed by atoms with E-state index in [1.165, 1.54) is 34.1 Å². The van der Waals surface area contributed by atoms with E-state index in [1.807, 2.05) is 19.3 Å². The minimum absolute atomic E-state index is 0.336. The summed E-state index contributed by atoms with van der Waals surface area (Å²) in [6.45, 7) is 3.87. The summed E-state index contributed by atoms with van der Waals surface area (Å²) >= 11 is 0. The van der Waals surface area contributed by atoms with Gasteiger partial charge < -0.3 is 9.13 Å². The maximum atomic E-state index is 12.7. The predicted octanol–water partition coefficient (Wildman–Crippen LogP) is 3.66. The number of hydrogen-bond donors (Lipinski definition) is 0. The number of Topliss-reactive ketones (excluding diaryl/α,β-unsaturated/α-hetero) is 1. The molecule has 0 radical (unpaired) electrons. The standard InChI is InChI=1S/C20H21N3O/c1-13-21-9-11-22(13)12-15-8-7-14-4-3-10-23-16-5-2-6-17(24)19(16)18(15)20(14)23/h7-9,11H,2-6,10,12H2,1H3. The first-order chi connectivity index (χ1) is 11.7. The quantitative estimate of drug-likeness (QED) is 0.723. The molecule has 24 heavy (non-hydrogen) atoms. The Balaban J connectivity index is 1.81. The van der Waals surface area contributed by atoms with Crippen molar-refractivity contribution in [2.45, 2.75) is 52.1 Å². The van der Waals surface area contributed by atoms with E-state index in [0.717, 1.165) is 43.7 Å². The number of rotatable bonds is 2. The van der Waals surface area contributed by atoms with Crippen molar-refractivity contribution in [1.29, 1.82) is 0 Å². The molecule has 122 valence electrons. The van der Waals surface area contributed by atoms with E-state index < -0.39 is 0 Å². The highest BCUT2D eigenvalue weighted by Gasteiger charge is 2.29. The lowest BCUT2D eigenvalue weighted by Gasteiger charge is -2.19. The third kappa shape index (κ3) is 1.86. The second-order valence-corrected chi connectivity index (χ2v) is 7.06. The summed E-state index contributed by atoms with van der Waals surface area (Å²) in [7, 11) is 0. The number of imidazole rings is 1. The highest BCUT2D eigenvalue weighted by Crippen LogP contribution is 2.38. The van der Waals surface area contributed by atoms with E-state index in [-0.39, 0.29) is 0 Å². The van der Waals surface area contributed by atoms with Gasteiger partial charge in [-0.3, -0.25) is 4.79 Å². The maximum Gasteiger partial charge on any atom is 0.165 e. The number of aryl methyl sites for hydroxylation is 3. The summed E-state index contributed by atoms with van der Waals surface area (Å²) in [5, 5.41) is 1.22. The monoisotopic (exact) mass is 319 g/mol. The molecule has 0 saturated heterocycles. The molecule has 4 nitrogen and oxygen atoms in total. The summed E-state index contributed by atoms with van der Waals surface area (Å²) in [5.74, 6) is 1.35. The van der Waals surface area contributed by atoms with Gasteiger partial charge in [0.2, 0.25) is 0 Å². The van der Waals surface area contributed by atoms with E-state index in [4.69, 9.17) is 0 Å². The van der Waals surface area contributed by atoms with E-state index in [0.29, 0.717) is 12.2 Å². The van der Waals surface area contributed by atoms with Crippen molar-refractivity contribution in [3.63, 3.8) is 0 Å². The van der Waals surface area contributed by atoms with Gasteiger partial charge in [0, 0.05) is 48.5 Å². The first-order valence-corrected chi connectivity index (χ1v) is 8.91. The fourth-order valence-electron chi connectivity index (χ4n) is 4.54. The van der Waals surface area contributed by atoms with Crippen LogP contribution in [0.3, 0.4) is 0 Å². The molecular weight excluding hydrogens is 298 g/mol. The van der Waals surface area contributed by atoms with E-state index >= 15 is 0 Å². The van der Waals surface area contributed by atoms with Crippen molar-refractivity contribution in [3.8, 4) is 0 Å². The van der Waals surface area contributed by atoms with Crippen LogP contribution in [0.2, 0.25) is 0 Å². The van der Waals surface area contributed by atoms with Crippen LogP contribution in [0.4, 0.5) is 0 Å². The van der Waals surface area contributed by atoms with Crippen LogP contribution in [0.1, 0.15) is 52.3 Å². The molecule has 0 amide bonds. The van der Waals surface area contributed by atoms with E-state index in [1.54, 1.807) is 0 Å². The van der Waals surface area contributed by atoms with Gasteiger partial charge in [0.1, 0.15) is 5.82 Å². The first-order valence-electron chi connectivity index (χ1n) is 8.91. The third-order valence-corrected chi connectivity index (χ3v) is 5.67. The molecule has 0 atom stereocenters. The summed E-state index contributed by atoms with van der Waals surface area (Å²) < 4.78 is 4.61. The van der Waals surface area contributed by atoms with Gasteiger partial charge in [-0.15, -0.1) is 0 Å². The third-order valence-electron chi connectivity index (χ3n) is 5.67. The van der Waals surface area contributed by atoms with Gasteiger partial charge in [0.15, 0.2) is 5.78 Å². The van der Waals surface area contributed by atoms with Crippen LogP contribution in [0.15, 0.2) is 24.5 Å². The maximum absolute atomic E-state index is 12.7. The molecule has 0 spiro atoms. The normalized spacial score (nSPS) is 16.6. The Morgan fingerprint density at radius 2 is 2.08 bits per heavy atom. The SMILES string of the molecule is Cc1nccn1Cc1ccc2c3c1c1c(n3CCC2)CCCC1=O. The number of ketones is 1. The second-order valence-electron chi connectivity index (χ2n) is 7.06. The van der Waals surface area contributed by atoms with Crippen LogP contribution in [0.25, 0.3) is 10.9 Å². The Morgan fingerprint density at radius 3 is 2.92 bits per heavy atom. The van der Waals surface area contributed by atoms with Crippen molar-refractivity contribution in [3.05, 3.63) is 52.7 Å². The van der Waals surface area contributed by atoms with Gasteiger partial charge in [-0.1, -0.05) is 12.1 Å². The molecule has 0 fully saturated rings. The highest BCUT2D eigenvalue weighted by atomic mass is 16.1. The average molecular weight is 319 g/mol. The van der Waals surface area contributed by atoms with Gasteiger partial charge in [-0.05, 0) is 43.7 Å². The van der Waals surface area contributed by atoms with Crippen LogP contribution in [-0.4, -0.2) is 19.9 Å². The van der Waals surface area contributed by atoms with Crippen LogP contribution in [0.5, 0.6) is 0 Å². The molecule has 1 aliphatic heterocycles. The number of nitrogens with zero attached hydrogens (tertiary/aromatic N) is 3. The van der Waals surface area contributed by atoms with Gasteiger partial charge >= 0.3 is 0 Å². The number of carbonyl (C=O) groups is 1. The number of benzene rings is 1. The van der Waals surface area contributed by atoms with Crippen LogP contribution in [0, 0.1) is 6.92 Å². The lowest BCUT2D eigenvalue weighted by molar-refractivity contribution is 0.0973. The van der Waals surface area contributed by atoms with E-state index in [2.05, 4.69) is 26.3 Å². The number of carbonyl (C=O) groups excluding carboxylic acids is 1. The summed E-state index contributed by atoms with van der Waals surface area (Å²) in [6, 6.07) is 4.50. The van der Waals surface area contributed by atoms with Crippen molar-refractivity contribution in [2.75, 3.05) is 0 Å². The van der Waals surface area contributed by atoms with Crippen molar-refractivity contribution < 1.29 is 4.79 Å². The summed E-state index contributed by atoms with van der Waals surface area (Å²) in [5.41, 5.74) is 6.30. The molecular formula is C20H21N3O. The average Bonchev–Trinajstić information content (AvgIpc) is 3.15.